The quantitative estimate of drug-likeness (QED) is 0.579. The fraction of sp³-hybridized carbons (Fsp3) is 0.211. The Morgan fingerprint density at radius 2 is 2.14 bits per heavy atom. The number of rotatable bonds is 5. The number of anilines is 2. The zero-order chi connectivity index (χ0) is 20.5. The number of hydrogen-bond donors (Lipinski definition) is 3. The molecule has 150 valence electrons. The fourth-order valence-electron chi connectivity index (χ4n) is 3.26. The van der Waals surface area contributed by atoms with Crippen LogP contribution >= 0.6 is 11.6 Å². The molecule has 0 saturated heterocycles. The largest absolute Gasteiger partial charge is 0.493 e. The summed E-state index contributed by atoms with van der Waals surface area (Å²) in [6, 6.07) is 6.64. The Morgan fingerprint density at radius 1 is 1.31 bits per heavy atom. The second-order valence-corrected chi connectivity index (χ2v) is 6.69. The van der Waals surface area contributed by atoms with E-state index in [9.17, 15) is 13.6 Å². The van der Waals surface area contributed by atoms with Gasteiger partial charge in [0, 0.05) is 24.9 Å². The van der Waals surface area contributed by atoms with E-state index in [1.54, 1.807) is 18.2 Å². The number of aromatic nitrogens is 3. The predicted octanol–water partition coefficient (Wildman–Crippen LogP) is 4.10. The zero-order valence-corrected chi connectivity index (χ0v) is 16.0. The van der Waals surface area contributed by atoms with Crippen LogP contribution in [0.25, 0.3) is 11.4 Å². The van der Waals surface area contributed by atoms with Crippen LogP contribution < -0.4 is 15.4 Å². The van der Waals surface area contributed by atoms with Crippen LogP contribution in [-0.4, -0.2) is 34.5 Å². The van der Waals surface area contributed by atoms with Crippen LogP contribution in [0.3, 0.4) is 0 Å². The smallest absolute Gasteiger partial charge is 0.297 e. The molecule has 2 aromatic heterocycles. The third-order valence-electron chi connectivity index (χ3n) is 4.52. The summed E-state index contributed by atoms with van der Waals surface area (Å²) in [6.07, 6.45) is -0.991. The molecule has 0 atom stereocenters. The molecule has 3 N–H and O–H groups in total. The Bertz CT molecular complexity index is 1090. The lowest BCUT2D eigenvalue weighted by molar-refractivity contribution is 0.0946. The van der Waals surface area contributed by atoms with E-state index >= 15 is 0 Å². The summed E-state index contributed by atoms with van der Waals surface area (Å²) >= 11 is 6.20. The van der Waals surface area contributed by atoms with E-state index in [0.29, 0.717) is 52.1 Å². The highest BCUT2D eigenvalue weighted by Crippen LogP contribution is 2.40. The Balaban J connectivity index is 1.89. The van der Waals surface area contributed by atoms with Gasteiger partial charge < -0.3 is 20.4 Å². The molecule has 0 unspecified atom stereocenters. The number of halogens is 3. The van der Waals surface area contributed by atoms with Crippen LogP contribution in [0.2, 0.25) is 5.02 Å². The minimum Gasteiger partial charge on any atom is -0.493 e. The molecule has 1 aromatic carbocycles. The van der Waals surface area contributed by atoms with Crippen molar-refractivity contribution in [3.63, 3.8) is 0 Å². The standard InChI is InChI=1S/C19H16ClF2N5O2/c1-29-16-9(20)3-2-4-12(16)26-15-13-10(5-8-24-19(13)28)25-14(15)11-6-7-23-18(27-11)17(21)22/h2-4,6-7,17,25-26H,5,8H2,1H3,(H,24,28). The first kappa shape index (κ1) is 19.1. The topological polar surface area (TPSA) is 91.9 Å². The van der Waals surface area contributed by atoms with Gasteiger partial charge in [0.1, 0.15) is 0 Å². The monoisotopic (exact) mass is 419 g/mol. The van der Waals surface area contributed by atoms with Gasteiger partial charge in [-0.15, -0.1) is 0 Å². The van der Waals surface area contributed by atoms with Crippen molar-refractivity contribution in [3.8, 4) is 17.1 Å². The number of fused-ring (bicyclic) bond motifs is 1. The molecule has 1 amide bonds. The first-order chi connectivity index (χ1) is 14.0. The summed E-state index contributed by atoms with van der Waals surface area (Å²) in [5.74, 6) is -0.478. The number of amides is 1. The van der Waals surface area contributed by atoms with E-state index in [4.69, 9.17) is 16.3 Å². The molecular formula is C19H16ClF2N5O2. The maximum absolute atomic E-state index is 13.1. The van der Waals surface area contributed by atoms with Crippen molar-refractivity contribution in [2.45, 2.75) is 12.8 Å². The molecule has 1 aliphatic rings. The number of benzene rings is 1. The number of H-pyrrole nitrogens is 1. The predicted molar refractivity (Wildman–Crippen MR) is 104 cm³/mol. The molecule has 29 heavy (non-hydrogen) atoms. The molecule has 3 aromatic rings. The molecule has 0 radical (unpaired) electrons. The highest BCUT2D eigenvalue weighted by Gasteiger charge is 2.28. The Hall–Kier alpha value is -3.20. The molecule has 4 rings (SSSR count). The van der Waals surface area contributed by atoms with Crippen LogP contribution in [0.5, 0.6) is 5.75 Å². The van der Waals surface area contributed by atoms with Gasteiger partial charge in [-0.1, -0.05) is 17.7 Å². The van der Waals surface area contributed by atoms with Gasteiger partial charge in [0.15, 0.2) is 11.6 Å². The number of nitrogens with one attached hydrogen (secondary N) is 3. The van der Waals surface area contributed by atoms with Crippen LogP contribution in [0.15, 0.2) is 30.5 Å². The summed E-state index contributed by atoms with van der Waals surface area (Å²) in [6.45, 7) is 0.470. The molecular weight excluding hydrogens is 404 g/mol. The van der Waals surface area contributed by atoms with E-state index in [0.717, 1.165) is 0 Å². The number of carbonyl (C=O) groups is 1. The van der Waals surface area contributed by atoms with Gasteiger partial charge in [-0.25, -0.2) is 18.7 Å². The molecule has 0 spiro atoms. The minimum atomic E-state index is -2.81. The third kappa shape index (κ3) is 3.49. The molecule has 1 aliphatic heterocycles. The minimum absolute atomic E-state index is 0.237. The molecule has 0 saturated carbocycles. The first-order valence-electron chi connectivity index (χ1n) is 8.73. The van der Waals surface area contributed by atoms with Crippen LogP contribution in [0.4, 0.5) is 20.2 Å². The summed E-state index contributed by atoms with van der Waals surface area (Å²) < 4.78 is 31.6. The van der Waals surface area contributed by atoms with E-state index in [1.165, 1.54) is 19.4 Å². The molecule has 3 heterocycles. The van der Waals surface area contributed by atoms with Gasteiger partial charge in [-0.05, 0) is 18.2 Å². The van der Waals surface area contributed by atoms with Gasteiger partial charge in [0.25, 0.3) is 12.3 Å². The highest BCUT2D eigenvalue weighted by molar-refractivity contribution is 6.32. The van der Waals surface area contributed by atoms with Gasteiger partial charge >= 0.3 is 0 Å². The van der Waals surface area contributed by atoms with Crippen molar-refractivity contribution in [1.82, 2.24) is 20.3 Å². The van der Waals surface area contributed by atoms with E-state index in [1.807, 2.05) is 0 Å². The summed E-state index contributed by atoms with van der Waals surface area (Å²) in [7, 11) is 1.48. The number of para-hydroxylation sites is 1. The van der Waals surface area contributed by atoms with E-state index in [-0.39, 0.29) is 11.6 Å². The average molecular weight is 420 g/mol. The van der Waals surface area contributed by atoms with Gasteiger partial charge in [-0.3, -0.25) is 4.79 Å². The number of aromatic amines is 1. The Kier molecular flexibility index (Phi) is 5.06. The highest BCUT2D eigenvalue weighted by atomic mass is 35.5. The van der Waals surface area contributed by atoms with Crippen molar-refractivity contribution in [2.75, 3.05) is 19.0 Å². The summed E-state index contributed by atoms with van der Waals surface area (Å²) in [4.78, 5) is 23.3. The van der Waals surface area contributed by atoms with Gasteiger partial charge in [0.2, 0.25) is 0 Å². The molecule has 0 aliphatic carbocycles. The van der Waals surface area contributed by atoms with Crippen LogP contribution in [-0.2, 0) is 6.42 Å². The van der Waals surface area contributed by atoms with Crippen molar-refractivity contribution in [2.24, 2.45) is 0 Å². The number of methoxy groups -OCH3 is 1. The molecule has 7 nitrogen and oxygen atoms in total. The number of carbonyl (C=O) groups excluding carboxylic acids is 1. The molecule has 0 fully saturated rings. The number of alkyl halides is 2. The van der Waals surface area contributed by atoms with Gasteiger partial charge in [-0.2, -0.15) is 0 Å². The van der Waals surface area contributed by atoms with Crippen molar-refractivity contribution >= 4 is 28.9 Å². The average Bonchev–Trinajstić information content (AvgIpc) is 3.08. The third-order valence-corrected chi connectivity index (χ3v) is 4.82. The van der Waals surface area contributed by atoms with E-state index < -0.39 is 12.2 Å². The Labute approximate surface area is 169 Å². The summed E-state index contributed by atoms with van der Waals surface area (Å²) in [5, 5.41) is 6.34. The molecule has 10 heteroatoms. The number of nitrogens with zero attached hydrogens (tertiary/aromatic N) is 2. The maximum Gasteiger partial charge on any atom is 0.297 e. The molecule has 0 bridgehead atoms. The lowest BCUT2D eigenvalue weighted by atomic mass is 10.1. The summed E-state index contributed by atoms with van der Waals surface area (Å²) in [5.41, 5.74) is 2.63. The lowest BCUT2D eigenvalue weighted by Gasteiger charge is -2.16. The van der Waals surface area contributed by atoms with Crippen LogP contribution in [0.1, 0.15) is 28.3 Å². The SMILES string of the molecule is COc1c(Cl)cccc1Nc1c(-c2ccnc(C(F)F)n2)[nH]c2c1C(=O)NCC2. The van der Waals surface area contributed by atoms with Crippen molar-refractivity contribution < 1.29 is 18.3 Å². The van der Waals surface area contributed by atoms with Gasteiger partial charge in [0.05, 0.1) is 40.5 Å². The lowest BCUT2D eigenvalue weighted by Crippen LogP contribution is -2.31. The second kappa shape index (κ2) is 7.67. The maximum atomic E-state index is 13.1. The van der Waals surface area contributed by atoms with Crippen LogP contribution in [0, 0.1) is 0 Å². The normalized spacial score (nSPS) is 13.2. The Morgan fingerprint density at radius 3 is 2.90 bits per heavy atom. The van der Waals surface area contributed by atoms with Crippen molar-refractivity contribution in [1.29, 1.82) is 0 Å². The van der Waals surface area contributed by atoms with Crippen molar-refractivity contribution in [3.05, 3.63) is 52.6 Å². The fourth-order valence-corrected chi connectivity index (χ4v) is 3.52. The number of hydrogen-bond acceptors (Lipinski definition) is 5. The van der Waals surface area contributed by atoms with E-state index in [2.05, 4.69) is 25.6 Å². The number of ether oxygens (including phenoxy) is 1. The zero-order valence-electron chi connectivity index (χ0n) is 15.2. The first-order valence-corrected chi connectivity index (χ1v) is 9.11. The second-order valence-electron chi connectivity index (χ2n) is 6.28.